The van der Waals surface area contributed by atoms with Crippen molar-refractivity contribution >= 4 is 36.3 Å². The third kappa shape index (κ3) is 7.48. The molecule has 0 rings (SSSR count). The zero-order valence-electron chi connectivity index (χ0n) is 11.0. The second-order valence-electron chi connectivity index (χ2n) is 3.86. The van der Waals surface area contributed by atoms with Gasteiger partial charge in [0.1, 0.15) is 18.6 Å². The Kier molecular flexibility index (Phi) is 9.08. The number of amides is 3. The summed E-state index contributed by atoms with van der Waals surface area (Å²) in [7, 11) is 0. The van der Waals surface area contributed by atoms with Crippen LogP contribution in [0.1, 0.15) is 0 Å². The summed E-state index contributed by atoms with van der Waals surface area (Å²) in [4.78, 5) is 44.8. The van der Waals surface area contributed by atoms with Crippen molar-refractivity contribution in [2.24, 2.45) is 5.73 Å². The van der Waals surface area contributed by atoms with E-state index in [2.05, 4.69) is 23.3 Å². The fourth-order valence-corrected chi connectivity index (χ4v) is 1.46. The van der Waals surface area contributed by atoms with Crippen molar-refractivity contribution in [3.8, 4) is 0 Å². The Hall–Kier alpha value is -1.85. The number of nitrogens with one attached hydrogen (secondary N) is 3. The van der Waals surface area contributed by atoms with Gasteiger partial charge in [-0.15, -0.1) is 0 Å². The number of aliphatic hydroxyl groups is 1. The highest BCUT2D eigenvalue weighted by molar-refractivity contribution is 7.80. The van der Waals surface area contributed by atoms with Crippen molar-refractivity contribution in [2.75, 3.05) is 25.4 Å². The largest absolute Gasteiger partial charge is 0.480 e. The van der Waals surface area contributed by atoms with Crippen LogP contribution in [0.3, 0.4) is 0 Å². The SMILES string of the molecule is NCC(=O)N[C@@H](CS)C(=O)N[C@@H](CO)C(=O)NCC(=O)O. The molecule has 0 aliphatic heterocycles. The van der Waals surface area contributed by atoms with Crippen LogP contribution in [0, 0.1) is 0 Å². The summed E-state index contributed by atoms with van der Waals surface area (Å²) in [5, 5.41) is 23.9. The monoisotopic (exact) mass is 322 g/mol. The lowest BCUT2D eigenvalue weighted by Gasteiger charge is -2.20. The predicted molar refractivity (Wildman–Crippen MR) is 74.5 cm³/mol. The first-order valence-corrected chi connectivity index (χ1v) is 6.50. The quantitative estimate of drug-likeness (QED) is 0.212. The average Bonchev–Trinajstić information content (AvgIpc) is 2.46. The lowest BCUT2D eigenvalue weighted by molar-refractivity contribution is -0.138. The van der Waals surface area contributed by atoms with E-state index in [9.17, 15) is 19.2 Å². The number of thiol groups is 1. The van der Waals surface area contributed by atoms with Crippen molar-refractivity contribution in [3.63, 3.8) is 0 Å². The zero-order chi connectivity index (χ0) is 16.4. The van der Waals surface area contributed by atoms with Gasteiger partial charge in [-0.25, -0.2) is 0 Å². The zero-order valence-corrected chi connectivity index (χ0v) is 11.9. The molecule has 0 aliphatic rings. The molecule has 0 saturated heterocycles. The molecule has 0 aromatic heterocycles. The van der Waals surface area contributed by atoms with Crippen LogP contribution in [-0.2, 0) is 19.2 Å². The van der Waals surface area contributed by atoms with Gasteiger partial charge in [-0.3, -0.25) is 19.2 Å². The minimum absolute atomic E-state index is 0.0491. The normalized spacial score (nSPS) is 12.9. The van der Waals surface area contributed by atoms with Crippen LogP contribution in [0.2, 0.25) is 0 Å². The predicted octanol–water partition coefficient (Wildman–Crippen LogP) is -3.96. The van der Waals surface area contributed by atoms with Crippen LogP contribution < -0.4 is 21.7 Å². The second-order valence-corrected chi connectivity index (χ2v) is 4.23. The molecule has 2 atom stereocenters. The summed E-state index contributed by atoms with van der Waals surface area (Å²) in [5.41, 5.74) is 5.09. The lowest BCUT2D eigenvalue weighted by Crippen LogP contribution is -2.56. The summed E-state index contributed by atoms with van der Waals surface area (Å²) < 4.78 is 0. The molecule has 7 N–H and O–H groups in total. The number of carbonyl (C=O) groups is 4. The van der Waals surface area contributed by atoms with Crippen LogP contribution in [0.25, 0.3) is 0 Å². The van der Waals surface area contributed by atoms with E-state index < -0.39 is 48.9 Å². The molecule has 11 heteroatoms. The molecule has 21 heavy (non-hydrogen) atoms. The van der Waals surface area contributed by atoms with Gasteiger partial charge in [-0.1, -0.05) is 0 Å². The van der Waals surface area contributed by atoms with Crippen LogP contribution in [0.15, 0.2) is 0 Å². The Morgan fingerprint density at radius 1 is 1.10 bits per heavy atom. The Morgan fingerprint density at radius 2 is 1.71 bits per heavy atom. The number of aliphatic hydroxyl groups excluding tert-OH is 1. The van der Waals surface area contributed by atoms with Gasteiger partial charge in [0.15, 0.2) is 0 Å². The van der Waals surface area contributed by atoms with Gasteiger partial charge in [0.05, 0.1) is 13.2 Å². The summed E-state index contributed by atoms with van der Waals surface area (Å²) in [6.45, 7) is -1.70. The first-order valence-electron chi connectivity index (χ1n) is 5.86. The number of hydrogen-bond acceptors (Lipinski definition) is 7. The topological polar surface area (TPSA) is 171 Å². The molecule has 0 aliphatic carbocycles. The molecule has 0 heterocycles. The molecular weight excluding hydrogens is 304 g/mol. The molecule has 120 valence electrons. The van der Waals surface area contributed by atoms with Gasteiger partial charge < -0.3 is 31.9 Å². The molecule has 10 nitrogen and oxygen atoms in total. The van der Waals surface area contributed by atoms with Crippen LogP contribution in [-0.4, -0.2) is 71.4 Å². The molecule has 0 radical (unpaired) electrons. The Labute approximate surface area is 125 Å². The number of hydrogen-bond donors (Lipinski definition) is 7. The maximum absolute atomic E-state index is 11.8. The number of carboxylic acid groups (broad SMARTS) is 1. The molecule has 0 spiro atoms. The highest BCUT2D eigenvalue weighted by Crippen LogP contribution is 1.92. The molecule has 0 bridgehead atoms. The van der Waals surface area contributed by atoms with Gasteiger partial charge in [-0.05, 0) is 0 Å². The van der Waals surface area contributed by atoms with E-state index in [-0.39, 0.29) is 12.3 Å². The lowest BCUT2D eigenvalue weighted by atomic mass is 10.2. The van der Waals surface area contributed by atoms with Gasteiger partial charge in [0.25, 0.3) is 0 Å². The average molecular weight is 322 g/mol. The maximum Gasteiger partial charge on any atom is 0.322 e. The number of carboxylic acids is 1. The minimum atomic E-state index is -1.34. The number of nitrogens with two attached hydrogens (primary N) is 1. The Bertz CT molecular complexity index is 405. The molecule has 0 saturated carbocycles. The molecular formula is C10H18N4O6S. The third-order valence-electron chi connectivity index (χ3n) is 2.25. The van der Waals surface area contributed by atoms with Crippen LogP contribution in [0.5, 0.6) is 0 Å². The van der Waals surface area contributed by atoms with Crippen molar-refractivity contribution < 1.29 is 29.4 Å². The van der Waals surface area contributed by atoms with Crippen molar-refractivity contribution in [3.05, 3.63) is 0 Å². The van der Waals surface area contributed by atoms with E-state index in [1.807, 2.05) is 5.32 Å². The van der Waals surface area contributed by atoms with Crippen LogP contribution >= 0.6 is 12.6 Å². The minimum Gasteiger partial charge on any atom is -0.480 e. The fourth-order valence-electron chi connectivity index (χ4n) is 1.20. The fraction of sp³-hybridized carbons (Fsp3) is 0.600. The molecule has 0 aromatic carbocycles. The third-order valence-corrected chi connectivity index (χ3v) is 2.61. The van der Waals surface area contributed by atoms with Gasteiger partial charge in [-0.2, -0.15) is 12.6 Å². The van der Waals surface area contributed by atoms with Gasteiger partial charge in [0.2, 0.25) is 17.7 Å². The standard InChI is InChI=1S/C10H18N4O6S/c11-1-7(16)13-6(4-21)10(20)14-5(3-15)9(19)12-2-8(17)18/h5-6,15,21H,1-4,11H2,(H,12,19)(H,13,16)(H,14,20)(H,17,18)/t5-,6-/m0/s1. The maximum atomic E-state index is 11.8. The summed E-state index contributed by atoms with van der Waals surface area (Å²) in [6, 6.07) is -2.38. The molecule has 0 aromatic rings. The van der Waals surface area contributed by atoms with Crippen molar-refractivity contribution in [1.82, 2.24) is 16.0 Å². The Balaban J connectivity index is 4.56. The van der Waals surface area contributed by atoms with Crippen molar-refractivity contribution in [1.29, 1.82) is 0 Å². The highest BCUT2D eigenvalue weighted by atomic mass is 32.1. The Morgan fingerprint density at radius 3 is 2.14 bits per heavy atom. The van der Waals surface area contributed by atoms with Gasteiger partial charge in [0, 0.05) is 5.75 Å². The summed E-state index contributed by atoms with van der Waals surface area (Å²) in [5.74, 6) is -3.52. The van der Waals surface area contributed by atoms with Gasteiger partial charge >= 0.3 is 5.97 Å². The van der Waals surface area contributed by atoms with E-state index in [4.69, 9.17) is 15.9 Å². The molecule has 0 fully saturated rings. The first kappa shape index (κ1) is 19.1. The van der Waals surface area contributed by atoms with E-state index in [1.54, 1.807) is 0 Å². The first-order chi connectivity index (χ1) is 9.85. The smallest absolute Gasteiger partial charge is 0.322 e. The van der Waals surface area contributed by atoms with Crippen LogP contribution in [0.4, 0.5) is 0 Å². The van der Waals surface area contributed by atoms with E-state index >= 15 is 0 Å². The summed E-state index contributed by atoms with van der Waals surface area (Å²) in [6.07, 6.45) is 0. The van der Waals surface area contributed by atoms with E-state index in [0.29, 0.717) is 0 Å². The second kappa shape index (κ2) is 9.96. The highest BCUT2D eigenvalue weighted by Gasteiger charge is 2.25. The number of carbonyl (C=O) groups excluding carboxylic acids is 3. The van der Waals surface area contributed by atoms with Crippen molar-refractivity contribution in [2.45, 2.75) is 12.1 Å². The van der Waals surface area contributed by atoms with E-state index in [1.165, 1.54) is 0 Å². The van der Waals surface area contributed by atoms with E-state index in [0.717, 1.165) is 0 Å². The molecule has 0 unspecified atom stereocenters. The molecule has 3 amide bonds. The number of aliphatic carboxylic acids is 1. The summed E-state index contributed by atoms with van der Waals surface area (Å²) >= 11 is 3.88. The number of rotatable bonds is 9.